The van der Waals surface area contributed by atoms with Crippen LogP contribution < -0.4 is 15.1 Å². The Hall–Kier alpha value is -3.24. The van der Waals surface area contributed by atoms with E-state index in [4.69, 9.17) is 0 Å². The van der Waals surface area contributed by atoms with Crippen molar-refractivity contribution < 1.29 is 0 Å². The van der Waals surface area contributed by atoms with Gasteiger partial charge in [-0.25, -0.2) is 0 Å². The summed E-state index contributed by atoms with van der Waals surface area (Å²) in [4.78, 5) is 4.91. The van der Waals surface area contributed by atoms with Crippen molar-refractivity contribution in [2.45, 2.75) is 6.17 Å². The average Bonchev–Trinajstić information content (AvgIpc) is 3.14. The molecule has 0 radical (unpaired) electrons. The van der Waals surface area contributed by atoms with Gasteiger partial charge in [0.2, 0.25) is 0 Å². The molecule has 4 aromatic rings. The van der Waals surface area contributed by atoms with Crippen LogP contribution in [0.4, 0.5) is 22.7 Å². The highest BCUT2D eigenvalue weighted by Crippen LogP contribution is 2.57. The number of hydrogen-bond donors (Lipinski definition) is 1. The highest BCUT2D eigenvalue weighted by molar-refractivity contribution is 9.10. The molecule has 152 valence electrons. The fourth-order valence-corrected chi connectivity index (χ4v) is 5.27. The Morgan fingerprint density at radius 2 is 1.55 bits per heavy atom. The zero-order valence-electron chi connectivity index (χ0n) is 17.2. The molecule has 4 heteroatoms. The van der Waals surface area contributed by atoms with E-state index in [2.05, 4.69) is 129 Å². The molecule has 0 amide bonds. The molecule has 3 nitrogen and oxygen atoms in total. The third-order valence-corrected chi connectivity index (χ3v) is 6.82. The third kappa shape index (κ3) is 2.78. The predicted molar refractivity (Wildman–Crippen MR) is 135 cm³/mol. The summed E-state index contributed by atoms with van der Waals surface area (Å²) in [5, 5.41) is 6.20. The first-order chi connectivity index (χ1) is 15.2. The molecule has 6 rings (SSSR count). The molecule has 0 saturated heterocycles. The monoisotopic (exact) mass is 467 g/mol. The van der Waals surface area contributed by atoms with Gasteiger partial charge in [0.05, 0.1) is 17.1 Å². The largest absolute Gasteiger partial charge is 0.381 e. The van der Waals surface area contributed by atoms with Crippen LogP contribution in [0.2, 0.25) is 0 Å². The topological polar surface area (TPSA) is 18.5 Å². The highest BCUT2D eigenvalue weighted by atomic mass is 79.9. The van der Waals surface area contributed by atoms with Crippen molar-refractivity contribution in [2.24, 2.45) is 0 Å². The van der Waals surface area contributed by atoms with Gasteiger partial charge in [0, 0.05) is 40.1 Å². The number of nitrogens with one attached hydrogen (secondary N) is 1. The van der Waals surface area contributed by atoms with E-state index in [1.807, 2.05) is 0 Å². The van der Waals surface area contributed by atoms with E-state index in [1.54, 1.807) is 0 Å². The van der Waals surface area contributed by atoms with E-state index in [-0.39, 0.29) is 6.17 Å². The zero-order chi connectivity index (χ0) is 20.9. The van der Waals surface area contributed by atoms with Crippen LogP contribution in [0.5, 0.6) is 0 Å². The van der Waals surface area contributed by atoms with Crippen molar-refractivity contribution in [3.05, 3.63) is 101 Å². The Kier molecular flexibility index (Phi) is 4.29. The minimum Gasteiger partial charge on any atom is -0.381 e. The fourth-order valence-electron chi connectivity index (χ4n) is 5.00. The van der Waals surface area contributed by atoms with Gasteiger partial charge in [-0.05, 0) is 29.8 Å². The Morgan fingerprint density at radius 1 is 0.839 bits per heavy atom. The maximum atomic E-state index is 3.65. The van der Waals surface area contributed by atoms with E-state index < -0.39 is 0 Å². The maximum absolute atomic E-state index is 3.65. The van der Waals surface area contributed by atoms with Crippen molar-refractivity contribution in [1.29, 1.82) is 0 Å². The lowest BCUT2D eigenvalue weighted by molar-refractivity contribution is 0.719. The van der Waals surface area contributed by atoms with Gasteiger partial charge in [-0.15, -0.1) is 0 Å². The highest BCUT2D eigenvalue weighted by Gasteiger charge is 2.40. The molecule has 2 aliphatic rings. The molecule has 1 N–H and O–H groups in total. The molecule has 0 aliphatic carbocycles. The van der Waals surface area contributed by atoms with Crippen molar-refractivity contribution in [3.63, 3.8) is 0 Å². The number of rotatable bonds is 2. The van der Waals surface area contributed by atoms with Crippen LogP contribution in [0.25, 0.3) is 16.8 Å². The predicted octanol–water partition coefficient (Wildman–Crippen LogP) is 7.33. The molecule has 1 atom stereocenters. The summed E-state index contributed by atoms with van der Waals surface area (Å²) in [7, 11) is 2.22. The Bertz CT molecular complexity index is 1310. The number of halogens is 1. The normalized spacial score (nSPS) is 16.9. The van der Waals surface area contributed by atoms with E-state index in [0.717, 1.165) is 11.0 Å². The number of fused-ring (bicyclic) bond motifs is 6. The van der Waals surface area contributed by atoms with Crippen molar-refractivity contribution >= 4 is 55.5 Å². The standard InChI is InChI=1S/C27H22BrN3/c1-30-25-22-11-6-5-10-21(22)24-23(12-7-17-29-24)26(25)31(20-8-3-2-4-9-20)27(30)18-13-15-19(28)16-14-18/h2-16,27,29H,17H2,1H3. The number of nitrogens with zero attached hydrogens (tertiary/aromatic N) is 2. The van der Waals surface area contributed by atoms with Crippen LogP contribution >= 0.6 is 15.9 Å². The van der Waals surface area contributed by atoms with Crippen molar-refractivity contribution in [3.8, 4) is 0 Å². The van der Waals surface area contributed by atoms with Crippen molar-refractivity contribution in [1.82, 2.24) is 0 Å². The zero-order valence-corrected chi connectivity index (χ0v) is 18.8. The lowest BCUT2D eigenvalue weighted by atomic mass is 9.97. The summed E-state index contributed by atoms with van der Waals surface area (Å²) in [5.41, 5.74) is 7.48. The number of anilines is 4. The van der Waals surface area contributed by atoms with E-state index >= 15 is 0 Å². The summed E-state index contributed by atoms with van der Waals surface area (Å²) < 4.78 is 1.09. The van der Waals surface area contributed by atoms with Gasteiger partial charge in [-0.1, -0.05) is 82.7 Å². The molecule has 0 bridgehead atoms. The van der Waals surface area contributed by atoms with Crippen LogP contribution in [-0.4, -0.2) is 13.6 Å². The second-order valence-electron chi connectivity index (χ2n) is 8.06. The van der Waals surface area contributed by atoms with Crippen LogP contribution in [0, 0.1) is 0 Å². The summed E-state index contributed by atoms with van der Waals surface area (Å²) in [5.74, 6) is 0. The smallest absolute Gasteiger partial charge is 0.132 e. The molecule has 2 aliphatic heterocycles. The van der Waals surface area contributed by atoms with E-state index in [0.29, 0.717) is 0 Å². The van der Waals surface area contributed by atoms with Gasteiger partial charge in [-0.2, -0.15) is 0 Å². The minimum atomic E-state index is 0.0655. The van der Waals surface area contributed by atoms with Crippen molar-refractivity contribution in [2.75, 3.05) is 28.7 Å². The molecule has 0 saturated carbocycles. The Labute approximate surface area is 190 Å². The van der Waals surface area contributed by atoms with Gasteiger partial charge >= 0.3 is 0 Å². The first kappa shape index (κ1) is 18.5. The maximum Gasteiger partial charge on any atom is 0.132 e. The van der Waals surface area contributed by atoms with Crippen LogP contribution in [-0.2, 0) is 0 Å². The van der Waals surface area contributed by atoms with E-state index in [9.17, 15) is 0 Å². The first-order valence-electron chi connectivity index (χ1n) is 10.6. The van der Waals surface area contributed by atoms with Crippen LogP contribution in [0.15, 0.2) is 89.4 Å². The third-order valence-electron chi connectivity index (χ3n) is 6.29. The molecular formula is C27H22BrN3. The fraction of sp³-hybridized carbons (Fsp3) is 0.111. The van der Waals surface area contributed by atoms with Gasteiger partial charge in [0.15, 0.2) is 0 Å². The number of para-hydroxylation sites is 1. The van der Waals surface area contributed by atoms with Gasteiger partial charge in [-0.3, -0.25) is 0 Å². The number of benzene rings is 4. The summed E-state index contributed by atoms with van der Waals surface area (Å²) >= 11 is 3.59. The van der Waals surface area contributed by atoms with Gasteiger partial charge in [0.1, 0.15) is 6.17 Å². The van der Waals surface area contributed by atoms with Crippen LogP contribution in [0.1, 0.15) is 17.3 Å². The summed E-state index contributed by atoms with van der Waals surface area (Å²) in [6.07, 6.45) is 4.56. The quantitative estimate of drug-likeness (QED) is 0.332. The molecule has 4 aromatic carbocycles. The van der Waals surface area contributed by atoms with Gasteiger partial charge < -0.3 is 15.1 Å². The Balaban J connectivity index is 1.70. The lowest BCUT2D eigenvalue weighted by Gasteiger charge is -2.32. The SMILES string of the molecule is CN1c2c(c3c(c4ccccc24)NCC=C3)N(c2ccccc2)C1c1ccc(Br)cc1. The van der Waals surface area contributed by atoms with Crippen LogP contribution in [0.3, 0.4) is 0 Å². The molecule has 0 spiro atoms. The molecule has 2 heterocycles. The molecule has 1 unspecified atom stereocenters. The second-order valence-corrected chi connectivity index (χ2v) is 8.97. The molecular weight excluding hydrogens is 446 g/mol. The number of hydrogen-bond acceptors (Lipinski definition) is 3. The molecule has 0 fully saturated rings. The average molecular weight is 468 g/mol. The first-order valence-corrected chi connectivity index (χ1v) is 11.3. The molecule has 31 heavy (non-hydrogen) atoms. The van der Waals surface area contributed by atoms with Gasteiger partial charge in [0.25, 0.3) is 0 Å². The second kappa shape index (κ2) is 7.17. The minimum absolute atomic E-state index is 0.0655. The molecule has 0 aromatic heterocycles. The lowest BCUT2D eigenvalue weighted by Crippen LogP contribution is -2.30. The summed E-state index contributed by atoms with van der Waals surface area (Å²) in [6, 6.07) is 28.2. The summed E-state index contributed by atoms with van der Waals surface area (Å²) in [6.45, 7) is 0.854. The van der Waals surface area contributed by atoms with E-state index in [1.165, 1.54) is 44.6 Å². The Morgan fingerprint density at radius 3 is 2.32 bits per heavy atom.